The van der Waals surface area contributed by atoms with E-state index in [4.69, 9.17) is 9.72 Å². The summed E-state index contributed by atoms with van der Waals surface area (Å²) < 4.78 is 6.12. The van der Waals surface area contributed by atoms with Crippen molar-refractivity contribution in [2.75, 3.05) is 7.11 Å². The summed E-state index contributed by atoms with van der Waals surface area (Å²) in [4.78, 5) is 28.3. The molecule has 0 bridgehead atoms. The highest BCUT2D eigenvalue weighted by Crippen LogP contribution is 2.33. The quantitative estimate of drug-likeness (QED) is 0.231. The molecule has 1 heterocycles. The van der Waals surface area contributed by atoms with Crippen molar-refractivity contribution in [2.45, 2.75) is 13.3 Å². The van der Waals surface area contributed by atoms with Crippen LogP contribution in [-0.2, 0) is 6.42 Å². The average molecular weight is 418 g/mol. The number of rotatable bonds is 6. The highest BCUT2D eigenvalue weighted by atomic mass is 32.1. The van der Waals surface area contributed by atoms with Crippen LogP contribution in [0.5, 0.6) is 5.75 Å². The number of hydrogen-bond donors (Lipinski definition) is 0. The van der Waals surface area contributed by atoms with Gasteiger partial charge < -0.3 is 4.74 Å². The largest absolute Gasteiger partial charge is 0.490 e. The Balaban J connectivity index is 1.66. The summed E-state index contributed by atoms with van der Waals surface area (Å²) in [7, 11) is 1.36. The molecule has 0 aliphatic carbocycles. The van der Waals surface area contributed by atoms with Gasteiger partial charge in [-0.15, -0.1) is 11.3 Å². The fraction of sp³-hybridized carbons (Fsp3) is 0.130. The van der Waals surface area contributed by atoms with Gasteiger partial charge in [-0.25, -0.2) is 4.98 Å². The van der Waals surface area contributed by atoms with Crippen LogP contribution in [0.25, 0.3) is 20.8 Å². The Kier molecular flexibility index (Phi) is 5.29. The van der Waals surface area contributed by atoms with Gasteiger partial charge in [0.1, 0.15) is 5.01 Å². The van der Waals surface area contributed by atoms with Gasteiger partial charge in [0.15, 0.2) is 11.5 Å². The fourth-order valence-electron chi connectivity index (χ4n) is 3.38. The van der Waals surface area contributed by atoms with Gasteiger partial charge in [0.2, 0.25) is 0 Å². The normalized spacial score (nSPS) is 10.9. The highest BCUT2D eigenvalue weighted by molar-refractivity contribution is 7.21. The molecule has 150 valence electrons. The number of carbonyl (C=O) groups is 1. The summed E-state index contributed by atoms with van der Waals surface area (Å²) in [6, 6.07) is 18.1. The minimum atomic E-state index is -0.547. The lowest BCUT2D eigenvalue weighted by Crippen LogP contribution is -2.06. The van der Waals surface area contributed by atoms with Crippen molar-refractivity contribution >= 4 is 33.0 Å². The number of hydrogen-bond acceptors (Lipinski definition) is 6. The summed E-state index contributed by atoms with van der Waals surface area (Å²) in [6.07, 6.45) is 0.147. The van der Waals surface area contributed by atoms with Crippen molar-refractivity contribution in [3.05, 3.63) is 87.5 Å². The first-order chi connectivity index (χ1) is 14.5. The van der Waals surface area contributed by atoms with Gasteiger partial charge in [-0.1, -0.05) is 30.3 Å². The predicted octanol–water partition coefficient (Wildman–Crippen LogP) is 5.61. The maximum Gasteiger partial charge on any atom is 0.311 e. The second-order valence-electron chi connectivity index (χ2n) is 6.82. The number of nitro benzene ring substituents is 1. The zero-order chi connectivity index (χ0) is 21.3. The number of Topliss-reactive ketones (excluding diaryl/α,β-unsaturated/α-hetero) is 1. The summed E-state index contributed by atoms with van der Waals surface area (Å²) in [5.74, 6) is -0.0594. The van der Waals surface area contributed by atoms with E-state index in [1.165, 1.54) is 19.2 Å². The molecule has 4 aromatic rings. The molecule has 0 atom stereocenters. The van der Waals surface area contributed by atoms with E-state index in [0.717, 1.165) is 31.9 Å². The predicted molar refractivity (Wildman–Crippen MR) is 117 cm³/mol. The van der Waals surface area contributed by atoms with Crippen LogP contribution in [0.15, 0.2) is 60.7 Å². The van der Waals surface area contributed by atoms with Gasteiger partial charge in [0.25, 0.3) is 0 Å². The molecule has 30 heavy (non-hydrogen) atoms. The maximum absolute atomic E-state index is 12.9. The summed E-state index contributed by atoms with van der Waals surface area (Å²) in [5.41, 5.74) is 3.85. The lowest BCUT2D eigenvalue weighted by molar-refractivity contribution is -0.385. The smallest absolute Gasteiger partial charge is 0.311 e. The van der Waals surface area contributed by atoms with Crippen molar-refractivity contribution in [3.8, 4) is 16.3 Å². The topological polar surface area (TPSA) is 82.3 Å². The minimum absolute atomic E-state index is 0.130. The number of benzene rings is 3. The SMILES string of the molecule is COc1ccc(C(=O)Cc2cccc(-c3nc4ccccc4s3)c2C)cc1[N+](=O)[O-]. The summed E-state index contributed by atoms with van der Waals surface area (Å²) in [5, 5.41) is 12.2. The monoisotopic (exact) mass is 418 g/mol. The molecule has 0 radical (unpaired) electrons. The first kappa shape index (κ1) is 19.7. The Morgan fingerprint density at radius 1 is 1.13 bits per heavy atom. The number of nitro groups is 1. The van der Waals surface area contributed by atoms with Crippen molar-refractivity contribution in [1.82, 2.24) is 4.98 Å². The number of ketones is 1. The molecule has 6 nitrogen and oxygen atoms in total. The zero-order valence-electron chi connectivity index (χ0n) is 16.4. The standard InChI is InChI=1S/C23H18N2O4S/c1-14-15(13-20(26)16-10-11-21(29-2)19(12-16)25(27)28)6-5-7-17(14)23-24-18-8-3-4-9-22(18)30-23/h3-12H,13H2,1-2H3. The second kappa shape index (κ2) is 8.04. The van der Waals surface area contributed by atoms with Crippen LogP contribution in [-0.4, -0.2) is 22.8 Å². The molecule has 0 aliphatic rings. The highest BCUT2D eigenvalue weighted by Gasteiger charge is 2.19. The Morgan fingerprint density at radius 2 is 1.93 bits per heavy atom. The number of carbonyl (C=O) groups excluding carboxylic acids is 1. The van der Waals surface area contributed by atoms with E-state index < -0.39 is 4.92 Å². The number of ether oxygens (including phenoxy) is 1. The lowest BCUT2D eigenvalue weighted by atomic mass is 9.96. The van der Waals surface area contributed by atoms with E-state index in [0.29, 0.717) is 0 Å². The molecule has 0 saturated heterocycles. The number of fused-ring (bicyclic) bond motifs is 1. The van der Waals surface area contributed by atoms with Crippen molar-refractivity contribution < 1.29 is 14.5 Å². The van der Waals surface area contributed by atoms with E-state index >= 15 is 0 Å². The van der Waals surface area contributed by atoms with Crippen LogP contribution >= 0.6 is 11.3 Å². The third-order valence-electron chi connectivity index (χ3n) is 5.02. The van der Waals surface area contributed by atoms with Crippen LogP contribution in [0.4, 0.5) is 5.69 Å². The van der Waals surface area contributed by atoms with Gasteiger partial charge in [-0.2, -0.15) is 0 Å². The maximum atomic E-state index is 12.9. The van der Waals surface area contributed by atoms with Gasteiger partial charge in [-0.05, 0) is 42.3 Å². The fourth-order valence-corrected chi connectivity index (χ4v) is 4.42. The van der Waals surface area contributed by atoms with Gasteiger partial charge >= 0.3 is 5.69 Å². The Morgan fingerprint density at radius 3 is 2.67 bits per heavy atom. The second-order valence-corrected chi connectivity index (χ2v) is 7.85. The van der Waals surface area contributed by atoms with E-state index in [9.17, 15) is 14.9 Å². The van der Waals surface area contributed by atoms with Gasteiger partial charge in [0, 0.05) is 23.6 Å². The minimum Gasteiger partial charge on any atom is -0.490 e. The molecular weight excluding hydrogens is 400 g/mol. The first-order valence-electron chi connectivity index (χ1n) is 9.28. The van der Waals surface area contributed by atoms with Gasteiger partial charge in [-0.3, -0.25) is 14.9 Å². The van der Waals surface area contributed by atoms with E-state index in [-0.39, 0.29) is 29.2 Å². The van der Waals surface area contributed by atoms with E-state index in [1.54, 1.807) is 17.4 Å². The van der Waals surface area contributed by atoms with Crippen LogP contribution in [0.1, 0.15) is 21.5 Å². The molecule has 1 aromatic heterocycles. The zero-order valence-corrected chi connectivity index (χ0v) is 17.2. The lowest BCUT2D eigenvalue weighted by Gasteiger charge is -2.10. The van der Waals surface area contributed by atoms with E-state index in [2.05, 4.69) is 0 Å². The van der Waals surface area contributed by atoms with E-state index in [1.807, 2.05) is 49.4 Å². The molecule has 0 saturated carbocycles. The average Bonchev–Trinajstić information content (AvgIpc) is 3.18. The Bertz CT molecular complexity index is 1250. The van der Waals surface area contributed by atoms with Crippen LogP contribution in [0, 0.1) is 17.0 Å². The Labute approximate surface area is 176 Å². The Hall–Kier alpha value is -3.58. The molecule has 7 heteroatoms. The third kappa shape index (κ3) is 3.67. The number of nitrogens with zero attached hydrogens (tertiary/aromatic N) is 2. The van der Waals surface area contributed by atoms with Crippen molar-refractivity contribution in [3.63, 3.8) is 0 Å². The molecule has 4 rings (SSSR count). The van der Waals surface area contributed by atoms with Crippen molar-refractivity contribution in [1.29, 1.82) is 0 Å². The van der Waals surface area contributed by atoms with Crippen LogP contribution < -0.4 is 4.74 Å². The van der Waals surface area contributed by atoms with Gasteiger partial charge in [0.05, 0.1) is 22.2 Å². The number of para-hydroxylation sites is 1. The summed E-state index contributed by atoms with van der Waals surface area (Å²) >= 11 is 1.61. The molecular formula is C23H18N2O4S. The van der Waals surface area contributed by atoms with Crippen molar-refractivity contribution in [2.24, 2.45) is 0 Å². The molecule has 0 N–H and O–H groups in total. The molecule has 0 aliphatic heterocycles. The first-order valence-corrected chi connectivity index (χ1v) is 10.1. The molecule has 0 amide bonds. The third-order valence-corrected chi connectivity index (χ3v) is 6.09. The van der Waals surface area contributed by atoms with Crippen LogP contribution in [0.3, 0.4) is 0 Å². The number of aromatic nitrogens is 1. The number of thiazole rings is 1. The molecule has 0 unspecified atom stereocenters. The molecule has 0 spiro atoms. The number of methoxy groups -OCH3 is 1. The summed E-state index contributed by atoms with van der Waals surface area (Å²) in [6.45, 7) is 1.97. The molecule has 0 fully saturated rings. The molecule has 3 aromatic carbocycles. The van der Waals surface area contributed by atoms with Crippen LogP contribution in [0.2, 0.25) is 0 Å².